The number of hydrogen-bond donors (Lipinski definition) is 1. The Hall–Kier alpha value is -2.02. The van der Waals surface area contributed by atoms with Crippen molar-refractivity contribution in [2.24, 2.45) is 5.92 Å². The number of amides is 1. The zero-order valence-electron chi connectivity index (χ0n) is 17.2. The third-order valence-electron chi connectivity index (χ3n) is 4.34. The molecule has 1 heterocycles. The number of hydrogen-bond acceptors (Lipinski definition) is 4. The number of carbonyl (C=O) groups excluding carboxylic acids is 1. The van der Waals surface area contributed by atoms with E-state index in [0.29, 0.717) is 27.4 Å². The van der Waals surface area contributed by atoms with Crippen LogP contribution in [0.4, 0.5) is 0 Å². The number of nitrogens with one attached hydrogen (secondary N) is 1. The van der Waals surface area contributed by atoms with Crippen molar-refractivity contribution < 1.29 is 4.79 Å². The van der Waals surface area contributed by atoms with Gasteiger partial charge in [-0.15, -0.1) is 10.2 Å². The van der Waals surface area contributed by atoms with Gasteiger partial charge in [-0.25, -0.2) is 0 Å². The van der Waals surface area contributed by atoms with Gasteiger partial charge in [0.25, 0.3) is 0 Å². The number of thioether (sulfide) groups is 1. The molecule has 1 amide bonds. The SMILES string of the molecule is Cc1cccc(CSc2nnc(CNC(=O)CC(C)C)n2-c2ccc(Cl)cc2Cl)c1. The minimum atomic E-state index is -0.0179. The number of carbonyl (C=O) groups is 1. The van der Waals surface area contributed by atoms with Crippen LogP contribution >= 0.6 is 35.0 Å². The second kappa shape index (κ2) is 10.3. The van der Waals surface area contributed by atoms with E-state index in [1.54, 1.807) is 23.9 Å². The summed E-state index contributed by atoms with van der Waals surface area (Å²) in [5, 5.41) is 13.4. The Morgan fingerprint density at radius 3 is 2.67 bits per heavy atom. The highest BCUT2D eigenvalue weighted by atomic mass is 35.5. The van der Waals surface area contributed by atoms with Crippen LogP contribution in [0.2, 0.25) is 10.0 Å². The van der Waals surface area contributed by atoms with Gasteiger partial charge in [0, 0.05) is 17.2 Å². The summed E-state index contributed by atoms with van der Waals surface area (Å²) in [6, 6.07) is 13.7. The molecule has 0 aliphatic heterocycles. The molecule has 3 rings (SSSR count). The summed E-state index contributed by atoms with van der Waals surface area (Å²) in [5.74, 6) is 1.62. The summed E-state index contributed by atoms with van der Waals surface area (Å²) >= 11 is 14.1. The van der Waals surface area contributed by atoms with Crippen molar-refractivity contribution in [3.05, 3.63) is 69.5 Å². The number of benzene rings is 2. The van der Waals surface area contributed by atoms with E-state index < -0.39 is 0 Å². The summed E-state index contributed by atoms with van der Waals surface area (Å²) in [4.78, 5) is 12.1. The molecule has 0 aliphatic rings. The molecule has 2 aromatic carbocycles. The molecule has 30 heavy (non-hydrogen) atoms. The van der Waals surface area contributed by atoms with Crippen molar-refractivity contribution in [2.75, 3.05) is 0 Å². The summed E-state index contributed by atoms with van der Waals surface area (Å²) in [6.45, 7) is 6.36. The third-order valence-corrected chi connectivity index (χ3v) is 5.88. The minimum Gasteiger partial charge on any atom is -0.349 e. The van der Waals surface area contributed by atoms with Gasteiger partial charge >= 0.3 is 0 Å². The molecular weight excluding hydrogens is 439 g/mol. The Labute approximate surface area is 191 Å². The van der Waals surface area contributed by atoms with E-state index in [1.807, 2.05) is 30.5 Å². The highest BCUT2D eigenvalue weighted by molar-refractivity contribution is 7.98. The van der Waals surface area contributed by atoms with E-state index in [1.165, 1.54) is 11.1 Å². The van der Waals surface area contributed by atoms with Crippen LogP contribution in [0.3, 0.4) is 0 Å². The third kappa shape index (κ3) is 6.00. The molecule has 5 nitrogen and oxygen atoms in total. The van der Waals surface area contributed by atoms with Gasteiger partial charge in [-0.05, 0) is 36.6 Å². The van der Waals surface area contributed by atoms with Crippen LogP contribution in [-0.4, -0.2) is 20.7 Å². The fraction of sp³-hybridized carbons (Fsp3) is 0.318. The molecule has 0 saturated heterocycles. The minimum absolute atomic E-state index is 0.0179. The maximum absolute atomic E-state index is 12.1. The summed E-state index contributed by atoms with van der Waals surface area (Å²) in [7, 11) is 0. The Morgan fingerprint density at radius 1 is 1.17 bits per heavy atom. The number of halogens is 2. The first-order valence-corrected chi connectivity index (χ1v) is 11.4. The summed E-state index contributed by atoms with van der Waals surface area (Å²) < 4.78 is 1.88. The number of aryl methyl sites for hydroxylation is 1. The molecule has 0 bridgehead atoms. The van der Waals surface area contributed by atoms with Gasteiger partial charge in [0.15, 0.2) is 11.0 Å². The van der Waals surface area contributed by atoms with Crippen LogP contribution < -0.4 is 5.32 Å². The average Bonchev–Trinajstić information content (AvgIpc) is 3.07. The molecule has 0 atom stereocenters. The fourth-order valence-electron chi connectivity index (χ4n) is 2.98. The quantitative estimate of drug-likeness (QED) is 0.427. The van der Waals surface area contributed by atoms with Gasteiger partial charge in [0.1, 0.15) is 0 Å². The molecular formula is C22H24Cl2N4OS. The van der Waals surface area contributed by atoms with Gasteiger partial charge in [-0.1, -0.05) is 78.6 Å². The molecule has 0 unspecified atom stereocenters. The molecule has 0 saturated carbocycles. The first kappa shape index (κ1) is 22.7. The van der Waals surface area contributed by atoms with Crippen molar-refractivity contribution in [3.63, 3.8) is 0 Å². The van der Waals surface area contributed by atoms with E-state index in [-0.39, 0.29) is 18.4 Å². The van der Waals surface area contributed by atoms with Crippen molar-refractivity contribution in [1.29, 1.82) is 0 Å². The Balaban J connectivity index is 1.88. The van der Waals surface area contributed by atoms with Crippen molar-refractivity contribution in [1.82, 2.24) is 20.1 Å². The summed E-state index contributed by atoms with van der Waals surface area (Å²) in [5.41, 5.74) is 3.14. The molecule has 3 aromatic rings. The Bertz CT molecular complexity index is 1040. The average molecular weight is 463 g/mol. The highest BCUT2D eigenvalue weighted by Gasteiger charge is 2.18. The molecule has 8 heteroatoms. The van der Waals surface area contributed by atoms with Crippen LogP contribution in [0.15, 0.2) is 47.6 Å². The maximum atomic E-state index is 12.1. The lowest BCUT2D eigenvalue weighted by molar-refractivity contribution is -0.122. The Morgan fingerprint density at radius 2 is 1.97 bits per heavy atom. The van der Waals surface area contributed by atoms with Crippen LogP contribution in [0.5, 0.6) is 0 Å². The predicted octanol–water partition coefficient (Wildman–Crippen LogP) is 5.84. The normalized spacial score (nSPS) is 11.1. The Kier molecular flexibility index (Phi) is 7.81. The lowest BCUT2D eigenvalue weighted by atomic mass is 10.1. The second-order valence-electron chi connectivity index (χ2n) is 7.48. The molecule has 158 valence electrons. The van der Waals surface area contributed by atoms with E-state index >= 15 is 0 Å². The largest absolute Gasteiger partial charge is 0.349 e. The van der Waals surface area contributed by atoms with Crippen molar-refractivity contribution >= 4 is 40.9 Å². The van der Waals surface area contributed by atoms with Gasteiger partial charge in [-0.2, -0.15) is 0 Å². The monoisotopic (exact) mass is 462 g/mol. The van der Waals surface area contributed by atoms with Crippen LogP contribution in [0.25, 0.3) is 5.69 Å². The molecule has 1 aromatic heterocycles. The van der Waals surface area contributed by atoms with E-state index in [0.717, 1.165) is 11.4 Å². The number of rotatable bonds is 8. The second-order valence-corrected chi connectivity index (χ2v) is 9.27. The topological polar surface area (TPSA) is 59.8 Å². The number of aromatic nitrogens is 3. The van der Waals surface area contributed by atoms with Crippen molar-refractivity contribution in [3.8, 4) is 5.69 Å². The van der Waals surface area contributed by atoms with Crippen LogP contribution in [0.1, 0.15) is 37.2 Å². The van der Waals surface area contributed by atoms with E-state index in [4.69, 9.17) is 23.2 Å². The maximum Gasteiger partial charge on any atom is 0.220 e. The lowest BCUT2D eigenvalue weighted by Gasteiger charge is -2.13. The number of nitrogens with zero attached hydrogens (tertiary/aromatic N) is 3. The first-order chi connectivity index (χ1) is 14.3. The fourth-order valence-corrected chi connectivity index (χ4v) is 4.38. The van der Waals surface area contributed by atoms with Gasteiger partial charge in [0.2, 0.25) is 5.91 Å². The van der Waals surface area contributed by atoms with Gasteiger partial charge in [-0.3, -0.25) is 9.36 Å². The van der Waals surface area contributed by atoms with Gasteiger partial charge < -0.3 is 5.32 Å². The van der Waals surface area contributed by atoms with Crippen LogP contribution in [-0.2, 0) is 17.1 Å². The smallest absolute Gasteiger partial charge is 0.220 e. The molecule has 1 N–H and O–H groups in total. The molecule has 0 fully saturated rings. The lowest BCUT2D eigenvalue weighted by Crippen LogP contribution is -2.25. The first-order valence-electron chi connectivity index (χ1n) is 9.68. The van der Waals surface area contributed by atoms with Crippen LogP contribution in [0, 0.1) is 12.8 Å². The van der Waals surface area contributed by atoms with E-state index in [9.17, 15) is 4.79 Å². The predicted molar refractivity (Wildman–Crippen MR) is 123 cm³/mol. The summed E-state index contributed by atoms with van der Waals surface area (Å²) in [6.07, 6.45) is 0.463. The van der Waals surface area contributed by atoms with Gasteiger partial charge in [0.05, 0.1) is 17.3 Å². The zero-order chi connectivity index (χ0) is 21.7. The van der Waals surface area contributed by atoms with E-state index in [2.05, 4.69) is 40.6 Å². The molecule has 0 spiro atoms. The van der Waals surface area contributed by atoms with Crippen molar-refractivity contribution in [2.45, 2.75) is 44.6 Å². The highest BCUT2D eigenvalue weighted by Crippen LogP contribution is 2.30. The zero-order valence-corrected chi connectivity index (χ0v) is 19.5. The molecule has 0 aliphatic carbocycles. The standard InChI is InChI=1S/C22H24Cl2N4OS/c1-14(2)9-21(29)25-12-20-26-27-22(30-13-16-6-4-5-15(3)10-16)28(20)19-8-7-17(23)11-18(19)24/h4-8,10-11,14H,9,12-13H2,1-3H3,(H,25,29). The molecule has 0 radical (unpaired) electrons.